The van der Waals surface area contributed by atoms with Crippen LogP contribution in [0.2, 0.25) is 0 Å². The Balaban J connectivity index is 1.65. The van der Waals surface area contributed by atoms with Gasteiger partial charge in [-0.1, -0.05) is 18.2 Å². The van der Waals surface area contributed by atoms with E-state index in [1.54, 1.807) is 6.07 Å². The minimum absolute atomic E-state index is 0.316. The second kappa shape index (κ2) is 7.65. The summed E-state index contributed by atoms with van der Waals surface area (Å²) in [4.78, 5) is 13.1. The van der Waals surface area contributed by atoms with Gasteiger partial charge in [-0.25, -0.2) is 0 Å². The van der Waals surface area contributed by atoms with Crippen LogP contribution >= 0.6 is 0 Å². The van der Waals surface area contributed by atoms with Crippen molar-refractivity contribution in [1.82, 2.24) is 0 Å². The van der Waals surface area contributed by atoms with E-state index in [9.17, 15) is 4.79 Å². The highest BCUT2D eigenvalue weighted by molar-refractivity contribution is 5.56. The van der Waals surface area contributed by atoms with Gasteiger partial charge in [-0.2, -0.15) is 5.26 Å². The quantitative estimate of drug-likeness (QED) is 0.762. The summed E-state index contributed by atoms with van der Waals surface area (Å²) in [6.45, 7) is 1.37. The molecule has 1 saturated heterocycles. The highest BCUT2D eigenvalue weighted by atomic mass is 16.5. The zero-order valence-electron chi connectivity index (χ0n) is 13.5. The van der Waals surface area contributed by atoms with E-state index in [-0.39, 0.29) is 0 Å². The van der Waals surface area contributed by atoms with Gasteiger partial charge < -0.3 is 14.4 Å². The maximum atomic E-state index is 10.8. The number of nitrogens with zero attached hydrogens (tertiary/aromatic N) is 2. The lowest BCUT2D eigenvalue weighted by Crippen LogP contribution is -2.29. The number of nitriles is 1. The van der Waals surface area contributed by atoms with E-state index in [1.165, 1.54) is 0 Å². The minimum atomic E-state index is 0.316. The van der Waals surface area contributed by atoms with Gasteiger partial charge in [0.1, 0.15) is 18.6 Å². The first-order valence-electron chi connectivity index (χ1n) is 8.23. The minimum Gasteiger partial charge on any atom is -0.489 e. The molecule has 0 amide bonds. The molecule has 1 aliphatic heterocycles. The molecule has 1 unspecified atom stereocenters. The molecule has 0 bridgehead atoms. The predicted octanol–water partition coefficient (Wildman–Crippen LogP) is 3.70. The molecule has 4 heteroatoms. The van der Waals surface area contributed by atoms with Gasteiger partial charge in [0.25, 0.3) is 0 Å². The molecule has 2 aromatic carbocycles. The van der Waals surface area contributed by atoms with Crippen LogP contribution in [0.25, 0.3) is 0 Å². The van der Waals surface area contributed by atoms with Crippen molar-refractivity contribution < 1.29 is 9.53 Å². The number of rotatable bonds is 6. The van der Waals surface area contributed by atoms with Crippen molar-refractivity contribution in [2.24, 2.45) is 0 Å². The van der Waals surface area contributed by atoms with Crippen molar-refractivity contribution in [2.45, 2.75) is 31.9 Å². The number of hydrogen-bond donors (Lipinski definition) is 0. The van der Waals surface area contributed by atoms with Gasteiger partial charge in [0.2, 0.25) is 0 Å². The van der Waals surface area contributed by atoms with Crippen molar-refractivity contribution in [2.75, 3.05) is 11.4 Å². The molecular weight excluding hydrogens is 300 g/mol. The monoisotopic (exact) mass is 320 g/mol. The van der Waals surface area contributed by atoms with Crippen molar-refractivity contribution >= 4 is 12.0 Å². The third kappa shape index (κ3) is 3.57. The summed E-state index contributed by atoms with van der Waals surface area (Å²) in [7, 11) is 0. The summed E-state index contributed by atoms with van der Waals surface area (Å²) in [5.41, 5.74) is 2.65. The number of ether oxygens (including phenoxy) is 1. The van der Waals surface area contributed by atoms with Crippen LogP contribution in [0.3, 0.4) is 0 Å². The molecule has 1 heterocycles. The molecule has 0 aromatic heterocycles. The fourth-order valence-corrected chi connectivity index (χ4v) is 3.18. The molecule has 2 aromatic rings. The standard InChI is InChI=1S/C20H20N2O2/c21-14-16-4-1-2-5-17(16)15-24-20-9-7-19(8-10-20)22-12-3-6-18(22)11-13-23/h1-2,4-5,7-10,13,18H,3,6,11-12,15H2. The number of anilines is 1. The summed E-state index contributed by atoms with van der Waals surface area (Å²) >= 11 is 0. The predicted molar refractivity (Wildman–Crippen MR) is 93.0 cm³/mol. The van der Waals surface area contributed by atoms with Gasteiger partial charge in [0.15, 0.2) is 0 Å². The molecule has 1 fully saturated rings. The van der Waals surface area contributed by atoms with E-state index in [2.05, 4.69) is 11.0 Å². The zero-order valence-corrected chi connectivity index (χ0v) is 13.5. The Morgan fingerprint density at radius 3 is 2.75 bits per heavy atom. The van der Waals surface area contributed by atoms with Crippen LogP contribution < -0.4 is 9.64 Å². The van der Waals surface area contributed by atoms with Gasteiger partial charge in [0.05, 0.1) is 11.6 Å². The maximum absolute atomic E-state index is 10.8. The topological polar surface area (TPSA) is 53.3 Å². The highest BCUT2D eigenvalue weighted by Crippen LogP contribution is 2.28. The lowest BCUT2D eigenvalue weighted by Gasteiger charge is -2.25. The fourth-order valence-electron chi connectivity index (χ4n) is 3.18. The van der Waals surface area contributed by atoms with E-state index in [0.29, 0.717) is 24.6 Å². The highest BCUT2D eigenvalue weighted by Gasteiger charge is 2.24. The third-order valence-corrected chi connectivity index (χ3v) is 4.45. The summed E-state index contributed by atoms with van der Waals surface area (Å²) in [5.74, 6) is 0.776. The summed E-state index contributed by atoms with van der Waals surface area (Å²) in [6, 6.07) is 17.9. The Kier molecular flexibility index (Phi) is 5.12. The number of carbonyl (C=O) groups excluding carboxylic acids is 1. The molecule has 0 spiro atoms. The SMILES string of the molecule is N#Cc1ccccc1COc1ccc(N2CCCC2CC=O)cc1. The van der Waals surface area contributed by atoms with E-state index < -0.39 is 0 Å². The molecule has 1 aliphatic rings. The first kappa shape index (κ1) is 16.1. The van der Waals surface area contributed by atoms with Gasteiger partial charge in [-0.3, -0.25) is 0 Å². The lowest BCUT2D eigenvalue weighted by molar-refractivity contribution is -0.108. The number of aldehydes is 1. The molecule has 1 atom stereocenters. The van der Waals surface area contributed by atoms with E-state index in [1.807, 2.05) is 42.5 Å². The van der Waals surface area contributed by atoms with Crippen LogP contribution in [-0.2, 0) is 11.4 Å². The van der Waals surface area contributed by atoms with Crippen LogP contribution in [0.1, 0.15) is 30.4 Å². The Hall–Kier alpha value is -2.80. The van der Waals surface area contributed by atoms with Crippen LogP contribution in [0.5, 0.6) is 5.75 Å². The zero-order chi connectivity index (χ0) is 16.8. The summed E-state index contributed by atoms with van der Waals surface area (Å²) in [6.07, 6.45) is 3.79. The maximum Gasteiger partial charge on any atom is 0.122 e. The van der Waals surface area contributed by atoms with Gasteiger partial charge in [-0.05, 0) is 43.2 Å². The second-order valence-electron chi connectivity index (χ2n) is 5.94. The first-order valence-corrected chi connectivity index (χ1v) is 8.23. The molecule has 0 radical (unpaired) electrons. The van der Waals surface area contributed by atoms with Gasteiger partial charge >= 0.3 is 0 Å². The molecule has 4 nitrogen and oxygen atoms in total. The normalized spacial score (nSPS) is 16.6. The largest absolute Gasteiger partial charge is 0.489 e. The van der Waals surface area contributed by atoms with Crippen LogP contribution in [0.15, 0.2) is 48.5 Å². The number of benzene rings is 2. The second-order valence-corrected chi connectivity index (χ2v) is 5.94. The van der Waals surface area contributed by atoms with E-state index >= 15 is 0 Å². The fraction of sp³-hybridized carbons (Fsp3) is 0.300. The van der Waals surface area contributed by atoms with Gasteiger partial charge in [-0.15, -0.1) is 0 Å². The molecule has 24 heavy (non-hydrogen) atoms. The van der Waals surface area contributed by atoms with Crippen LogP contribution in [-0.4, -0.2) is 18.9 Å². The molecule has 0 N–H and O–H groups in total. The van der Waals surface area contributed by atoms with Crippen LogP contribution in [0.4, 0.5) is 5.69 Å². The Morgan fingerprint density at radius 2 is 2.00 bits per heavy atom. The van der Waals surface area contributed by atoms with Crippen molar-refractivity contribution in [1.29, 1.82) is 5.26 Å². The first-order chi connectivity index (χ1) is 11.8. The molecular formula is C20H20N2O2. The van der Waals surface area contributed by atoms with E-state index in [4.69, 9.17) is 10.00 Å². The smallest absolute Gasteiger partial charge is 0.122 e. The number of carbonyl (C=O) groups is 1. The average Bonchev–Trinajstić information content (AvgIpc) is 3.09. The Labute approximate surface area is 142 Å². The third-order valence-electron chi connectivity index (χ3n) is 4.45. The Bertz CT molecular complexity index is 734. The molecule has 0 aliphatic carbocycles. The van der Waals surface area contributed by atoms with Gasteiger partial charge in [0, 0.05) is 30.3 Å². The molecule has 0 saturated carbocycles. The summed E-state index contributed by atoms with van der Waals surface area (Å²) in [5, 5.41) is 9.11. The van der Waals surface area contributed by atoms with Crippen LogP contribution in [0, 0.1) is 11.3 Å². The Morgan fingerprint density at radius 1 is 1.21 bits per heavy atom. The average molecular weight is 320 g/mol. The number of hydrogen-bond acceptors (Lipinski definition) is 4. The molecule has 122 valence electrons. The van der Waals surface area contributed by atoms with Crippen molar-refractivity contribution in [3.63, 3.8) is 0 Å². The summed E-state index contributed by atoms with van der Waals surface area (Å²) < 4.78 is 5.80. The van der Waals surface area contributed by atoms with E-state index in [0.717, 1.165) is 42.7 Å². The van der Waals surface area contributed by atoms with Crippen molar-refractivity contribution in [3.8, 4) is 11.8 Å². The molecule has 3 rings (SSSR count). The lowest BCUT2D eigenvalue weighted by atomic mass is 10.1. The van der Waals surface area contributed by atoms with Crippen molar-refractivity contribution in [3.05, 3.63) is 59.7 Å².